The molecular formula is C13H14N2O4. The summed E-state index contributed by atoms with van der Waals surface area (Å²) in [6.07, 6.45) is 0. The molecule has 0 aliphatic carbocycles. The van der Waals surface area contributed by atoms with Gasteiger partial charge in [0.1, 0.15) is 6.54 Å². The molecule has 1 aliphatic rings. The van der Waals surface area contributed by atoms with Gasteiger partial charge in [0.25, 0.3) is 0 Å². The van der Waals surface area contributed by atoms with Crippen LogP contribution in [-0.4, -0.2) is 36.0 Å². The van der Waals surface area contributed by atoms with E-state index in [4.69, 9.17) is 5.11 Å². The Hall–Kier alpha value is -2.37. The molecule has 1 aromatic carbocycles. The minimum atomic E-state index is -0.931. The lowest BCUT2D eigenvalue weighted by Crippen LogP contribution is -2.51. The van der Waals surface area contributed by atoms with E-state index in [1.165, 1.54) is 4.90 Å². The molecule has 0 bridgehead atoms. The van der Waals surface area contributed by atoms with Gasteiger partial charge in [-0.25, -0.2) is 0 Å². The van der Waals surface area contributed by atoms with E-state index in [2.05, 4.69) is 5.32 Å². The van der Waals surface area contributed by atoms with Crippen molar-refractivity contribution in [1.82, 2.24) is 5.32 Å². The van der Waals surface area contributed by atoms with Crippen molar-refractivity contribution >= 4 is 23.5 Å². The topological polar surface area (TPSA) is 86.7 Å². The standard InChI is InChI=1S/C13H14N2O4/c1-8(13(18)19)9-3-2-4-10(5-9)15-7-11(16)14-6-12(15)17/h2-5,8H,6-7H2,1H3,(H,14,16)(H,18,19). The quantitative estimate of drug-likeness (QED) is 0.822. The average molecular weight is 262 g/mol. The van der Waals surface area contributed by atoms with Crippen LogP contribution in [0.3, 0.4) is 0 Å². The van der Waals surface area contributed by atoms with E-state index in [-0.39, 0.29) is 24.9 Å². The van der Waals surface area contributed by atoms with Crippen LogP contribution in [0.5, 0.6) is 0 Å². The van der Waals surface area contributed by atoms with Gasteiger partial charge in [-0.05, 0) is 24.6 Å². The van der Waals surface area contributed by atoms with Gasteiger partial charge in [-0.3, -0.25) is 14.4 Å². The van der Waals surface area contributed by atoms with Gasteiger partial charge >= 0.3 is 5.97 Å². The first kappa shape index (κ1) is 13.1. The van der Waals surface area contributed by atoms with Crippen molar-refractivity contribution in [3.8, 4) is 0 Å². The zero-order valence-corrected chi connectivity index (χ0v) is 10.4. The van der Waals surface area contributed by atoms with Gasteiger partial charge in [-0.2, -0.15) is 0 Å². The molecule has 19 heavy (non-hydrogen) atoms. The molecule has 1 saturated heterocycles. The van der Waals surface area contributed by atoms with Crippen molar-refractivity contribution in [2.24, 2.45) is 0 Å². The average Bonchev–Trinajstić information content (AvgIpc) is 2.40. The van der Waals surface area contributed by atoms with Crippen LogP contribution >= 0.6 is 0 Å². The molecule has 0 radical (unpaired) electrons. The summed E-state index contributed by atoms with van der Waals surface area (Å²) in [5.41, 5.74) is 1.15. The molecule has 0 saturated carbocycles. The molecule has 0 spiro atoms. The monoisotopic (exact) mass is 262 g/mol. The van der Waals surface area contributed by atoms with Crippen LogP contribution in [-0.2, 0) is 14.4 Å². The zero-order valence-electron chi connectivity index (χ0n) is 10.4. The van der Waals surface area contributed by atoms with E-state index in [1.807, 2.05) is 0 Å². The van der Waals surface area contributed by atoms with Crippen molar-refractivity contribution in [3.05, 3.63) is 29.8 Å². The van der Waals surface area contributed by atoms with Crippen LogP contribution < -0.4 is 10.2 Å². The van der Waals surface area contributed by atoms with Crippen LogP contribution in [0.1, 0.15) is 18.4 Å². The number of amides is 2. The van der Waals surface area contributed by atoms with Gasteiger partial charge in [-0.15, -0.1) is 0 Å². The lowest BCUT2D eigenvalue weighted by atomic mass is 10.0. The molecule has 2 rings (SSSR count). The Morgan fingerprint density at radius 1 is 1.42 bits per heavy atom. The van der Waals surface area contributed by atoms with Crippen molar-refractivity contribution in [1.29, 1.82) is 0 Å². The Kier molecular flexibility index (Phi) is 3.50. The van der Waals surface area contributed by atoms with Crippen molar-refractivity contribution in [2.45, 2.75) is 12.8 Å². The summed E-state index contributed by atoms with van der Waals surface area (Å²) in [6.45, 7) is 1.51. The van der Waals surface area contributed by atoms with Crippen LogP contribution in [0.4, 0.5) is 5.69 Å². The summed E-state index contributed by atoms with van der Waals surface area (Å²) in [7, 11) is 0. The van der Waals surface area contributed by atoms with Crippen LogP contribution in [0.25, 0.3) is 0 Å². The Labute approximate surface area is 110 Å². The Morgan fingerprint density at radius 2 is 2.16 bits per heavy atom. The molecule has 1 aliphatic heterocycles. The molecule has 2 N–H and O–H groups in total. The summed E-state index contributed by atoms with van der Waals surface area (Å²) in [5, 5.41) is 11.4. The first-order valence-electron chi connectivity index (χ1n) is 5.89. The minimum absolute atomic E-state index is 0.0302. The maximum absolute atomic E-state index is 11.8. The highest BCUT2D eigenvalue weighted by Gasteiger charge is 2.25. The maximum Gasteiger partial charge on any atom is 0.310 e. The predicted octanol–water partition coefficient (Wildman–Crippen LogP) is 0.337. The molecule has 1 heterocycles. The Balaban J connectivity index is 2.30. The van der Waals surface area contributed by atoms with E-state index in [0.29, 0.717) is 11.3 Å². The third-order valence-corrected chi connectivity index (χ3v) is 3.09. The second kappa shape index (κ2) is 5.09. The number of hydrogen-bond donors (Lipinski definition) is 2. The van der Waals surface area contributed by atoms with Gasteiger partial charge in [0.2, 0.25) is 11.8 Å². The van der Waals surface area contributed by atoms with E-state index < -0.39 is 11.9 Å². The van der Waals surface area contributed by atoms with E-state index in [9.17, 15) is 14.4 Å². The molecule has 1 aromatic rings. The lowest BCUT2D eigenvalue weighted by Gasteiger charge is -2.27. The molecule has 100 valence electrons. The molecular weight excluding hydrogens is 248 g/mol. The fraction of sp³-hybridized carbons (Fsp3) is 0.308. The summed E-state index contributed by atoms with van der Waals surface area (Å²) in [6, 6.07) is 6.70. The first-order valence-corrected chi connectivity index (χ1v) is 5.89. The minimum Gasteiger partial charge on any atom is -0.481 e. The third kappa shape index (κ3) is 2.73. The molecule has 1 fully saturated rings. The fourth-order valence-electron chi connectivity index (χ4n) is 1.90. The van der Waals surface area contributed by atoms with Gasteiger partial charge in [0.05, 0.1) is 12.5 Å². The number of nitrogens with one attached hydrogen (secondary N) is 1. The van der Waals surface area contributed by atoms with Gasteiger partial charge in [0.15, 0.2) is 0 Å². The third-order valence-electron chi connectivity index (χ3n) is 3.09. The van der Waals surface area contributed by atoms with E-state index >= 15 is 0 Å². The number of carboxylic acids is 1. The number of nitrogens with zero attached hydrogens (tertiary/aromatic N) is 1. The van der Waals surface area contributed by atoms with Crippen molar-refractivity contribution in [3.63, 3.8) is 0 Å². The SMILES string of the molecule is CC(C(=O)O)c1cccc(N2CC(=O)NCC2=O)c1. The number of aliphatic carboxylic acids is 1. The normalized spacial score (nSPS) is 17.0. The highest BCUT2D eigenvalue weighted by molar-refractivity contribution is 6.04. The van der Waals surface area contributed by atoms with Gasteiger partial charge in [0, 0.05) is 5.69 Å². The van der Waals surface area contributed by atoms with Crippen LogP contribution in [0.15, 0.2) is 24.3 Å². The van der Waals surface area contributed by atoms with Crippen LogP contribution in [0.2, 0.25) is 0 Å². The zero-order chi connectivity index (χ0) is 14.0. The number of anilines is 1. The number of carboxylic acid groups (broad SMARTS) is 1. The second-order valence-corrected chi connectivity index (χ2v) is 4.41. The Bertz CT molecular complexity index is 541. The highest BCUT2D eigenvalue weighted by Crippen LogP contribution is 2.22. The van der Waals surface area contributed by atoms with Gasteiger partial charge in [-0.1, -0.05) is 12.1 Å². The number of benzene rings is 1. The summed E-state index contributed by atoms with van der Waals surface area (Å²) >= 11 is 0. The first-order chi connectivity index (χ1) is 8.99. The molecule has 6 nitrogen and oxygen atoms in total. The van der Waals surface area contributed by atoms with Crippen molar-refractivity contribution in [2.75, 3.05) is 18.0 Å². The molecule has 0 aromatic heterocycles. The second-order valence-electron chi connectivity index (χ2n) is 4.41. The number of carbonyl (C=O) groups excluding carboxylic acids is 2. The van der Waals surface area contributed by atoms with Gasteiger partial charge < -0.3 is 15.3 Å². The molecule has 1 atom stereocenters. The smallest absolute Gasteiger partial charge is 0.310 e. The number of rotatable bonds is 3. The maximum atomic E-state index is 11.8. The predicted molar refractivity (Wildman–Crippen MR) is 67.9 cm³/mol. The fourth-order valence-corrected chi connectivity index (χ4v) is 1.90. The van der Waals surface area contributed by atoms with E-state index in [1.54, 1.807) is 31.2 Å². The van der Waals surface area contributed by atoms with E-state index in [0.717, 1.165) is 0 Å². The van der Waals surface area contributed by atoms with Crippen molar-refractivity contribution < 1.29 is 19.5 Å². The number of piperazine rings is 1. The highest BCUT2D eigenvalue weighted by atomic mass is 16.4. The summed E-state index contributed by atoms with van der Waals surface area (Å²) < 4.78 is 0. The largest absolute Gasteiger partial charge is 0.481 e. The molecule has 6 heteroatoms. The number of carbonyl (C=O) groups is 3. The Morgan fingerprint density at radius 3 is 2.84 bits per heavy atom. The van der Waals surface area contributed by atoms with Crippen LogP contribution in [0, 0.1) is 0 Å². The number of hydrogen-bond acceptors (Lipinski definition) is 3. The summed E-state index contributed by atoms with van der Waals surface area (Å²) in [4.78, 5) is 35.4. The molecule has 1 unspecified atom stereocenters. The molecule has 2 amide bonds. The lowest BCUT2D eigenvalue weighted by molar-refractivity contribution is -0.138. The summed E-state index contributed by atoms with van der Waals surface area (Å²) in [5.74, 6) is -2.02.